The van der Waals surface area contributed by atoms with Crippen molar-refractivity contribution in [3.05, 3.63) is 28.2 Å². The van der Waals surface area contributed by atoms with E-state index in [1.165, 1.54) is 0 Å². The molecule has 0 atom stereocenters. The van der Waals surface area contributed by atoms with Gasteiger partial charge in [0.05, 0.1) is 5.56 Å². The van der Waals surface area contributed by atoms with E-state index in [9.17, 15) is 17.6 Å². The number of nitrogens with zero attached hydrogens (tertiary/aromatic N) is 1. The predicted molar refractivity (Wildman–Crippen MR) is 36.9 cm³/mol. The topological polar surface area (TPSA) is 12.9 Å². The molecule has 1 aromatic heterocycles. The van der Waals surface area contributed by atoms with Gasteiger partial charge in [-0.05, 0) is 28.1 Å². The molecule has 0 aliphatic carbocycles. The van der Waals surface area contributed by atoms with Gasteiger partial charge >= 0.3 is 6.18 Å². The van der Waals surface area contributed by atoms with Crippen LogP contribution in [0.2, 0.25) is 0 Å². The minimum Gasteiger partial charge on any atom is -0.212 e. The van der Waals surface area contributed by atoms with Crippen LogP contribution in [0.3, 0.4) is 0 Å². The fraction of sp³-hybridized carbons (Fsp3) is 0.167. The molecule has 0 aliphatic heterocycles. The molecule has 0 saturated heterocycles. The maximum absolute atomic E-state index is 12.2. The van der Waals surface area contributed by atoms with Crippen molar-refractivity contribution in [3.63, 3.8) is 0 Å². The van der Waals surface area contributed by atoms with Gasteiger partial charge in [0.15, 0.2) is 0 Å². The minimum absolute atomic E-state index is 0.532. The van der Waals surface area contributed by atoms with Crippen molar-refractivity contribution < 1.29 is 17.6 Å². The number of hydrogen-bond donors (Lipinski definition) is 0. The van der Waals surface area contributed by atoms with Crippen LogP contribution in [0.4, 0.5) is 17.6 Å². The molecule has 0 spiro atoms. The van der Waals surface area contributed by atoms with Gasteiger partial charge in [0, 0.05) is 0 Å². The summed E-state index contributed by atoms with van der Waals surface area (Å²) in [6.07, 6.45) is -4.50. The molecule has 0 radical (unpaired) electrons. The lowest BCUT2D eigenvalue weighted by Crippen LogP contribution is -2.07. The Hall–Kier alpha value is -0.650. The molecule has 0 N–H and O–H groups in total. The van der Waals surface area contributed by atoms with Crippen molar-refractivity contribution in [2.45, 2.75) is 6.18 Å². The van der Waals surface area contributed by atoms with Gasteiger partial charge in [0.1, 0.15) is 4.60 Å². The lowest BCUT2D eigenvalue weighted by Gasteiger charge is -2.06. The average Bonchev–Trinajstić information content (AvgIpc) is 1.83. The Morgan fingerprint density at radius 1 is 1.25 bits per heavy atom. The van der Waals surface area contributed by atoms with Crippen molar-refractivity contribution >= 4 is 15.9 Å². The summed E-state index contributed by atoms with van der Waals surface area (Å²) in [7, 11) is 0. The number of halogens is 5. The van der Waals surface area contributed by atoms with Crippen LogP contribution in [0.1, 0.15) is 5.56 Å². The smallest absolute Gasteiger partial charge is 0.212 e. The van der Waals surface area contributed by atoms with E-state index in [0.29, 0.717) is 12.1 Å². The Balaban J connectivity index is 3.19. The summed E-state index contributed by atoms with van der Waals surface area (Å²) in [4.78, 5) is 2.97. The molecule has 1 heterocycles. The van der Waals surface area contributed by atoms with Gasteiger partial charge in [0.2, 0.25) is 5.95 Å². The van der Waals surface area contributed by atoms with Crippen molar-refractivity contribution in [3.8, 4) is 0 Å². The van der Waals surface area contributed by atoms with Crippen LogP contribution in [0.25, 0.3) is 0 Å². The zero-order valence-corrected chi connectivity index (χ0v) is 7.08. The average molecular weight is 244 g/mol. The van der Waals surface area contributed by atoms with Crippen molar-refractivity contribution in [2.75, 3.05) is 0 Å². The van der Waals surface area contributed by atoms with E-state index in [-0.39, 0.29) is 0 Å². The van der Waals surface area contributed by atoms with Crippen LogP contribution in [0, 0.1) is 5.95 Å². The zero-order chi connectivity index (χ0) is 9.35. The van der Waals surface area contributed by atoms with E-state index in [1.807, 2.05) is 0 Å². The molecule has 0 aromatic carbocycles. The molecular formula is C6H2BrF4N. The highest BCUT2D eigenvalue weighted by Crippen LogP contribution is 2.33. The fourth-order valence-electron chi connectivity index (χ4n) is 0.624. The monoisotopic (exact) mass is 243 g/mol. The molecule has 0 unspecified atom stereocenters. The Morgan fingerprint density at radius 3 is 2.25 bits per heavy atom. The van der Waals surface area contributed by atoms with Gasteiger partial charge in [-0.1, -0.05) is 0 Å². The normalized spacial score (nSPS) is 11.8. The number of hydrogen-bond acceptors (Lipinski definition) is 1. The van der Waals surface area contributed by atoms with Crippen LogP contribution < -0.4 is 0 Å². The van der Waals surface area contributed by atoms with E-state index in [1.54, 1.807) is 0 Å². The number of alkyl halides is 3. The molecular weight excluding hydrogens is 242 g/mol. The molecule has 6 heteroatoms. The van der Waals surface area contributed by atoms with Crippen molar-refractivity contribution in [2.24, 2.45) is 0 Å². The summed E-state index contributed by atoms with van der Waals surface area (Å²) in [5.41, 5.74) is -0.982. The van der Waals surface area contributed by atoms with Gasteiger partial charge in [-0.2, -0.15) is 17.6 Å². The first-order valence-electron chi connectivity index (χ1n) is 2.80. The number of rotatable bonds is 0. The lowest BCUT2D eigenvalue weighted by molar-refractivity contribution is -0.138. The van der Waals surface area contributed by atoms with Crippen molar-refractivity contribution in [1.82, 2.24) is 4.98 Å². The first-order valence-corrected chi connectivity index (χ1v) is 3.60. The molecule has 12 heavy (non-hydrogen) atoms. The largest absolute Gasteiger partial charge is 0.419 e. The molecule has 66 valence electrons. The Morgan fingerprint density at radius 2 is 1.83 bits per heavy atom. The molecule has 0 amide bonds. The summed E-state index contributed by atoms with van der Waals surface area (Å²) >= 11 is 2.51. The Labute approximate surface area is 73.5 Å². The van der Waals surface area contributed by atoms with Gasteiger partial charge in [-0.3, -0.25) is 0 Å². The first-order chi connectivity index (χ1) is 5.41. The lowest BCUT2D eigenvalue weighted by atomic mass is 10.3. The van der Waals surface area contributed by atoms with E-state index in [2.05, 4.69) is 20.9 Å². The Bertz CT molecular complexity index is 296. The van der Waals surface area contributed by atoms with Gasteiger partial charge in [-0.15, -0.1) is 0 Å². The third-order valence-corrected chi connectivity index (χ3v) is 1.72. The van der Waals surface area contributed by atoms with Crippen LogP contribution in [0.15, 0.2) is 16.7 Å². The molecule has 0 bridgehead atoms. The third kappa shape index (κ3) is 1.94. The van der Waals surface area contributed by atoms with E-state index in [4.69, 9.17) is 0 Å². The highest BCUT2D eigenvalue weighted by atomic mass is 79.9. The number of pyridine rings is 1. The minimum atomic E-state index is -4.50. The van der Waals surface area contributed by atoms with E-state index >= 15 is 0 Å². The highest BCUT2D eigenvalue weighted by Gasteiger charge is 2.33. The maximum atomic E-state index is 12.2. The Kier molecular flexibility index (Phi) is 2.36. The first kappa shape index (κ1) is 9.44. The summed E-state index contributed by atoms with van der Waals surface area (Å²) in [5.74, 6) is -0.949. The second-order valence-corrected chi connectivity index (χ2v) is 2.72. The molecule has 1 aromatic rings. The molecule has 0 saturated carbocycles. The summed E-state index contributed by atoms with van der Waals surface area (Å²) in [6, 6.07) is 1.29. The van der Waals surface area contributed by atoms with Crippen LogP contribution in [-0.4, -0.2) is 4.98 Å². The summed E-state index contributed by atoms with van der Waals surface area (Å²) in [6.45, 7) is 0. The standard InChI is InChI=1S/C6H2BrF4N/c7-5-3(6(9,10)11)1-2-4(8)12-5/h1-2H. The summed E-state index contributed by atoms with van der Waals surface area (Å²) < 4.78 is 47.7. The third-order valence-electron chi connectivity index (χ3n) is 1.12. The second-order valence-electron chi connectivity index (χ2n) is 1.97. The molecule has 1 rings (SSSR count). The second kappa shape index (κ2) is 3.01. The highest BCUT2D eigenvalue weighted by molar-refractivity contribution is 9.10. The molecule has 0 aliphatic rings. The fourth-order valence-corrected chi connectivity index (χ4v) is 1.15. The van der Waals surface area contributed by atoms with Gasteiger partial charge in [0.25, 0.3) is 0 Å². The van der Waals surface area contributed by atoms with E-state index < -0.39 is 22.3 Å². The van der Waals surface area contributed by atoms with Crippen molar-refractivity contribution in [1.29, 1.82) is 0 Å². The molecule has 0 fully saturated rings. The molecule has 1 nitrogen and oxygen atoms in total. The number of aromatic nitrogens is 1. The quantitative estimate of drug-likeness (QED) is 0.505. The summed E-state index contributed by atoms with van der Waals surface area (Å²) in [5, 5.41) is 0. The van der Waals surface area contributed by atoms with Crippen LogP contribution in [-0.2, 0) is 6.18 Å². The maximum Gasteiger partial charge on any atom is 0.419 e. The zero-order valence-electron chi connectivity index (χ0n) is 5.49. The van der Waals surface area contributed by atoms with Gasteiger partial charge < -0.3 is 0 Å². The predicted octanol–water partition coefficient (Wildman–Crippen LogP) is 3.00. The van der Waals surface area contributed by atoms with E-state index in [0.717, 1.165) is 0 Å². The SMILES string of the molecule is Fc1ccc(C(F)(F)F)c(Br)n1. The van der Waals surface area contributed by atoms with Crippen LogP contribution in [0.5, 0.6) is 0 Å². The van der Waals surface area contributed by atoms with Crippen LogP contribution >= 0.6 is 15.9 Å². The van der Waals surface area contributed by atoms with Gasteiger partial charge in [-0.25, -0.2) is 4.98 Å².